The summed E-state index contributed by atoms with van der Waals surface area (Å²) in [6.07, 6.45) is 8.24. The summed E-state index contributed by atoms with van der Waals surface area (Å²) in [7, 11) is 0. The van der Waals surface area contributed by atoms with Crippen molar-refractivity contribution < 1.29 is 9.21 Å². The van der Waals surface area contributed by atoms with Gasteiger partial charge in [0.15, 0.2) is 0 Å². The van der Waals surface area contributed by atoms with Gasteiger partial charge in [0.05, 0.1) is 35.5 Å². The lowest BCUT2D eigenvalue weighted by molar-refractivity contribution is -0.137. The van der Waals surface area contributed by atoms with Gasteiger partial charge in [0.1, 0.15) is 0 Å². The zero-order valence-corrected chi connectivity index (χ0v) is 25.3. The zero-order valence-electron chi connectivity index (χ0n) is 25.3. The summed E-state index contributed by atoms with van der Waals surface area (Å²) in [4.78, 5) is 23.7. The van der Waals surface area contributed by atoms with E-state index in [1.807, 2.05) is 18.2 Å². The number of hydrogen-bond acceptors (Lipinski definition) is 5. The molecule has 1 N–H and O–H groups in total. The van der Waals surface area contributed by atoms with Crippen LogP contribution in [0.25, 0.3) is 11.0 Å². The van der Waals surface area contributed by atoms with E-state index in [0.29, 0.717) is 18.5 Å². The first-order valence-corrected chi connectivity index (χ1v) is 16.0. The quantitative estimate of drug-likeness (QED) is 0.189. The van der Waals surface area contributed by atoms with Crippen molar-refractivity contribution in [3.8, 4) is 0 Å². The molecule has 0 spiro atoms. The monoisotopic (exact) mass is 587 g/mol. The van der Waals surface area contributed by atoms with Crippen molar-refractivity contribution in [1.82, 2.24) is 19.4 Å². The number of para-hydroxylation sites is 2. The van der Waals surface area contributed by atoms with Gasteiger partial charge in [-0.15, -0.1) is 0 Å². The molecule has 5 aromatic rings. The molecule has 0 radical (unpaired) electrons. The highest BCUT2D eigenvalue weighted by Crippen LogP contribution is 2.40. The van der Waals surface area contributed by atoms with Crippen LogP contribution in [0.5, 0.6) is 0 Å². The standard InChI is InChI=1S/C37H41N5O2/c43-35-37(25-29-9-3-1-4-10-29,19-23-41(35)26-30-11-5-2-6-12-30)18-22-40-20-15-32(16-21-40)38-36-39-33-13-7-8-14-34(33)42(36)27-31-17-24-44-28-31/h1-14,17,24,28,32H,15-16,18-23,25-27H2,(H,38,39). The Bertz CT molecular complexity index is 1660. The molecule has 3 aromatic carbocycles. The molecular weight excluding hydrogens is 546 g/mol. The molecule has 1 atom stereocenters. The van der Waals surface area contributed by atoms with E-state index in [1.165, 1.54) is 11.1 Å². The van der Waals surface area contributed by atoms with Crippen molar-refractivity contribution in [2.24, 2.45) is 5.41 Å². The normalized spacial score (nSPS) is 19.6. The van der Waals surface area contributed by atoms with Crippen LogP contribution in [0.2, 0.25) is 0 Å². The minimum Gasteiger partial charge on any atom is -0.472 e. The molecular formula is C37H41N5O2. The van der Waals surface area contributed by atoms with E-state index in [2.05, 4.69) is 92.5 Å². The molecule has 2 aromatic heterocycles. The van der Waals surface area contributed by atoms with E-state index in [1.54, 1.807) is 12.5 Å². The molecule has 1 unspecified atom stereocenters. The third-order valence-electron chi connectivity index (χ3n) is 9.61. The molecule has 2 aliphatic rings. The van der Waals surface area contributed by atoms with Crippen LogP contribution in [0, 0.1) is 5.41 Å². The number of likely N-dealkylation sites (tertiary alicyclic amines) is 2. The first-order valence-electron chi connectivity index (χ1n) is 16.0. The van der Waals surface area contributed by atoms with Gasteiger partial charge in [0, 0.05) is 37.8 Å². The molecule has 4 heterocycles. The number of fused-ring (bicyclic) bond motifs is 1. The lowest BCUT2D eigenvalue weighted by Gasteiger charge is -2.35. The van der Waals surface area contributed by atoms with Crippen LogP contribution < -0.4 is 5.32 Å². The van der Waals surface area contributed by atoms with E-state index >= 15 is 0 Å². The van der Waals surface area contributed by atoms with E-state index in [4.69, 9.17) is 9.40 Å². The van der Waals surface area contributed by atoms with Crippen LogP contribution >= 0.6 is 0 Å². The van der Waals surface area contributed by atoms with Crippen LogP contribution in [-0.2, 0) is 24.3 Å². The molecule has 226 valence electrons. The topological polar surface area (TPSA) is 66.5 Å². The molecule has 1 amide bonds. The second-order valence-corrected chi connectivity index (χ2v) is 12.6. The van der Waals surface area contributed by atoms with E-state index < -0.39 is 0 Å². The van der Waals surface area contributed by atoms with Gasteiger partial charge in [0.2, 0.25) is 11.9 Å². The largest absolute Gasteiger partial charge is 0.472 e. The molecule has 2 saturated heterocycles. The highest BCUT2D eigenvalue weighted by molar-refractivity contribution is 5.85. The average Bonchev–Trinajstić information content (AvgIpc) is 3.78. The van der Waals surface area contributed by atoms with Gasteiger partial charge in [-0.1, -0.05) is 72.8 Å². The van der Waals surface area contributed by atoms with Gasteiger partial charge in [0.25, 0.3) is 0 Å². The lowest BCUT2D eigenvalue weighted by atomic mass is 9.77. The van der Waals surface area contributed by atoms with Gasteiger partial charge < -0.3 is 24.1 Å². The first kappa shape index (κ1) is 28.4. The SMILES string of the molecule is O=C1N(Cc2ccccc2)CCC1(CCN1CCC(Nc2nc3ccccc3n2Cc2ccoc2)CC1)Cc1ccccc1. The van der Waals surface area contributed by atoms with Crippen LogP contribution in [0.4, 0.5) is 5.95 Å². The molecule has 0 aliphatic carbocycles. The Hall–Kier alpha value is -4.36. The Morgan fingerprint density at radius 3 is 2.30 bits per heavy atom. The highest BCUT2D eigenvalue weighted by Gasteiger charge is 2.46. The van der Waals surface area contributed by atoms with Crippen molar-refractivity contribution in [3.05, 3.63) is 120 Å². The molecule has 0 saturated carbocycles. The zero-order chi connectivity index (χ0) is 29.8. The third kappa shape index (κ3) is 6.15. The smallest absolute Gasteiger partial charge is 0.229 e. The predicted octanol–water partition coefficient (Wildman–Crippen LogP) is 6.61. The number of piperidine rings is 1. The number of aromatic nitrogens is 2. The van der Waals surface area contributed by atoms with Gasteiger partial charge in [-0.2, -0.15) is 0 Å². The summed E-state index contributed by atoms with van der Waals surface area (Å²) in [5.74, 6) is 1.24. The van der Waals surface area contributed by atoms with Gasteiger partial charge in [-0.25, -0.2) is 4.98 Å². The highest BCUT2D eigenvalue weighted by atomic mass is 16.3. The van der Waals surface area contributed by atoms with E-state index in [0.717, 1.165) is 87.4 Å². The van der Waals surface area contributed by atoms with Crippen LogP contribution in [-0.4, -0.2) is 57.5 Å². The summed E-state index contributed by atoms with van der Waals surface area (Å²) < 4.78 is 7.59. The number of rotatable bonds is 11. The van der Waals surface area contributed by atoms with Crippen molar-refractivity contribution in [2.45, 2.75) is 51.2 Å². The average molecular weight is 588 g/mol. The number of carbonyl (C=O) groups is 1. The molecule has 7 heteroatoms. The first-order chi connectivity index (χ1) is 21.6. The Kier molecular flexibility index (Phi) is 8.20. The van der Waals surface area contributed by atoms with E-state index in [9.17, 15) is 4.79 Å². The summed E-state index contributed by atoms with van der Waals surface area (Å²) in [5.41, 5.74) is 5.36. The summed E-state index contributed by atoms with van der Waals surface area (Å²) in [5, 5.41) is 3.78. The summed E-state index contributed by atoms with van der Waals surface area (Å²) in [6, 6.07) is 31.7. The number of anilines is 1. The fourth-order valence-electron chi connectivity index (χ4n) is 7.08. The fraction of sp³-hybridized carbons (Fsp3) is 0.351. The van der Waals surface area contributed by atoms with Crippen molar-refractivity contribution in [2.75, 3.05) is 31.5 Å². The Morgan fingerprint density at radius 2 is 1.55 bits per heavy atom. The minimum absolute atomic E-state index is 0.318. The van der Waals surface area contributed by atoms with Crippen LogP contribution in [0.15, 0.2) is 108 Å². The maximum absolute atomic E-state index is 14.1. The van der Waals surface area contributed by atoms with Crippen LogP contribution in [0.1, 0.15) is 42.4 Å². The Balaban J connectivity index is 0.998. The van der Waals surface area contributed by atoms with Crippen molar-refractivity contribution in [3.63, 3.8) is 0 Å². The molecule has 7 rings (SSSR count). The maximum atomic E-state index is 14.1. The number of imidazole rings is 1. The lowest BCUT2D eigenvalue weighted by Crippen LogP contribution is -2.43. The second-order valence-electron chi connectivity index (χ2n) is 12.6. The van der Waals surface area contributed by atoms with Crippen molar-refractivity contribution >= 4 is 22.9 Å². The Morgan fingerprint density at radius 1 is 0.818 bits per heavy atom. The summed E-state index contributed by atoms with van der Waals surface area (Å²) >= 11 is 0. The molecule has 7 nitrogen and oxygen atoms in total. The van der Waals surface area contributed by atoms with Gasteiger partial charge in [-0.05, 0) is 68.0 Å². The molecule has 2 aliphatic heterocycles. The number of furan rings is 1. The number of carbonyl (C=O) groups excluding carboxylic acids is 1. The van der Waals surface area contributed by atoms with Gasteiger partial charge >= 0.3 is 0 Å². The summed E-state index contributed by atoms with van der Waals surface area (Å²) in [6.45, 7) is 5.22. The minimum atomic E-state index is -0.344. The van der Waals surface area contributed by atoms with Crippen LogP contribution in [0.3, 0.4) is 0 Å². The number of hydrogen-bond donors (Lipinski definition) is 1. The predicted molar refractivity (Wildman–Crippen MR) is 174 cm³/mol. The molecule has 44 heavy (non-hydrogen) atoms. The van der Waals surface area contributed by atoms with Crippen molar-refractivity contribution in [1.29, 1.82) is 0 Å². The van der Waals surface area contributed by atoms with E-state index in [-0.39, 0.29) is 5.41 Å². The molecule has 2 fully saturated rings. The third-order valence-corrected chi connectivity index (χ3v) is 9.61. The number of nitrogens with zero attached hydrogens (tertiary/aromatic N) is 4. The number of amides is 1. The Labute approximate surface area is 259 Å². The molecule has 0 bridgehead atoms. The fourth-order valence-corrected chi connectivity index (χ4v) is 7.08. The van der Waals surface area contributed by atoms with Gasteiger partial charge in [-0.3, -0.25) is 4.79 Å². The second kappa shape index (κ2) is 12.7. The number of benzene rings is 3. The number of nitrogens with one attached hydrogen (secondary N) is 1. The maximum Gasteiger partial charge on any atom is 0.229 e.